The summed E-state index contributed by atoms with van der Waals surface area (Å²) in [5, 5.41) is 17.2. The van der Waals surface area contributed by atoms with E-state index in [0.29, 0.717) is 5.56 Å². The number of aromatic nitrogens is 3. The lowest BCUT2D eigenvalue weighted by atomic mass is 9.48. The van der Waals surface area contributed by atoms with Crippen molar-refractivity contribution < 1.29 is 0 Å². The molecule has 0 bridgehead atoms. The van der Waals surface area contributed by atoms with E-state index in [1.165, 1.54) is 65.4 Å². The Hall–Kier alpha value is -6.51. The highest BCUT2D eigenvalue weighted by Gasteiger charge is 2.36. The molecule has 1 aliphatic rings. The quantitative estimate of drug-likeness (QED) is 0.181. The number of hydrogen-bond acceptors (Lipinski definition) is 1. The Bertz CT molecular complexity index is 3030. The first kappa shape index (κ1) is 25.7. The van der Waals surface area contributed by atoms with E-state index in [-0.39, 0.29) is 6.85 Å². The maximum Gasteiger partial charge on any atom is 0.332 e. The van der Waals surface area contributed by atoms with Crippen molar-refractivity contribution in [3.8, 4) is 17.4 Å². The van der Waals surface area contributed by atoms with Crippen LogP contribution in [0.2, 0.25) is 0 Å². The molecule has 0 aliphatic carbocycles. The third-order valence-corrected chi connectivity index (χ3v) is 10.5. The number of hydrogen-bond donors (Lipinski definition) is 0. The van der Waals surface area contributed by atoms with Gasteiger partial charge in [0.1, 0.15) is 0 Å². The molecule has 4 nitrogen and oxygen atoms in total. The summed E-state index contributed by atoms with van der Waals surface area (Å²) in [5.41, 5.74) is 12.6. The molecule has 5 heteroatoms. The van der Waals surface area contributed by atoms with Gasteiger partial charge >= 0.3 is 6.85 Å². The maximum atomic E-state index is 9.84. The molecule has 0 saturated carbocycles. The van der Waals surface area contributed by atoms with Gasteiger partial charge in [-0.3, -0.25) is 0 Å². The lowest BCUT2D eigenvalue weighted by Crippen LogP contribution is -2.53. The second kappa shape index (κ2) is 9.28. The highest BCUT2D eigenvalue weighted by Crippen LogP contribution is 2.42. The summed E-state index contributed by atoms with van der Waals surface area (Å²) in [5.74, 6) is 0. The standard InChI is InChI=1S/C43H25BN4/c45-26-27-21-22-30-31-15-10-17-35-42(31)47(40(30)25-27)38-20-9-6-16-34(38)44(35)48-37-19-8-4-13-29(37)32-23-24-39-41(43(32)48)33-14-5-7-18-36(33)46(39)28-11-2-1-3-12-28/h1-25H. The zero-order valence-corrected chi connectivity index (χ0v) is 25.8. The van der Waals surface area contributed by atoms with E-state index in [1.54, 1.807) is 0 Å². The van der Waals surface area contributed by atoms with Crippen LogP contribution in [0.5, 0.6) is 0 Å². The lowest BCUT2D eigenvalue weighted by molar-refractivity contribution is 1.18. The van der Waals surface area contributed by atoms with Gasteiger partial charge in [-0.1, -0.05) is 103 Å². The molecule has 220 valence electrons. The van der Waals surface area contributed by atoms with Crippen molar-refractivity contribution in [3.05, 3.63) is 157 Å². The van der Waals surface area contributed by atoms with E-state index in [1.807, 2.05) is 12.1 Å². The van der Waals surface area contributed by atoms with E-state index in [0.717, 1.165) is 22.3 Å². The zero-order valence-electron chi connectivity index (χ0n) is 25.8. The minimum atomic E-state index is -0.0796. The monoisotopic (exact) mass is 608 g/mol. The Labute approximate surface area is 276 Å². The number of benzene rings is 7. The maximum absolute atomic E-state index is 9.84. The molecule has 0 radical (unpaired) electrons. The van der Waals surface area contributed by atoms with Crippen molar-refractivity contribution in [1.82, 2.24) is 13.6 Å². The Morgan fingerprint density at radius 3 is 2.00 bits per heavy atom. The van der Waals surface area contributed by atoms with Crippen molar-refractivity contribution >= 4 is 83.2 Å². The molecule has 0 unspecified atom stereocenters. The summed E-state index contributed by atoms with van der Waals surface area (Å²) in [6.45, 7) is -0.0796. The molecule has 11 rings (SSSR count). The van der Waals surface area contributed by atoms with Crippen LogP contribution in [0.1, 0.15) is 5.56 Å². The van der Waals surface area contributed by atoms with E-state index in [2.05, 4.69) is 159 Å². The van der Waals surface area contributed by atoms with Gasteiger partial charge in [-0.15, -0.1) is 0 Å². The molecule has 0 amide bonds. The largest absolute Gasteiger partial charge is 0.375 e. The van der Waals surface area contributed by atoms with Crippen LogP contribution in [0, 0.1) is 11.3 Å². The second-order valence-electron chi connectivity index (χ2n) is 12.8. The van der Waals surface area contributed by atoms with E-state index < -0.39 is 0 Å². The molecule has 1 aliphatic heterocycles. The van der Waals surface area contributed by atoms with Gasteiger partial charge in [0.2, 0.25) is 0 Å². The third kappa shape index (κ3) is 3.14. The van der Waals surface area contributed by atoms with E-state index in [9.17, 15) is 5.26 Å². The van der Waals surface area contributed by atoms with Gasteiger partial charge in [0.15, 0.2) is 0 Å². The average Bonchev–Trinajstić information content (AvgIpc) is 3.78. The number of fused-ring (bicyclic) bond motifs is 12. The predicted octanol–water partition coefficient (Wildman–Crippen LogP) is 8.83. The summed E-state index contributed by atoms with van der Waals surface area (Å²) >= 11 is 0. The van der Waals surface area contributed by atoms with Crippen LogP contribution >= 0.6 is 0 Å². The molecule has 48 heavy (non-hydrogen) atoms. The van der Waals surface area contributed by atoms with Crippen molar-refractivity contribution in [3.63, 3.8) is 0 Å². The first-order valence-corrected chi connectivity index (χ1v) is 16.4. The van der Waals surface area contributed by atoms with Crippen LogP contribution in [-0.2, 0) is 0 Å². The summed E-state index contributed by atoms with van der Waals surface area (Å²) in [6.07, 6.45) is 0. The van der Waals surface area contributed by atoms with Crippen LogP contribution < -0.4 is 10.9 Å². The number of nitrogens with zero attached hydrogens (tertiary/aromatic N) is 4. The fourth-order valence-electron chi connectivity index (χ4n) is 8.67. The normalized spacial score (nSPS) is 12.5. The zero-order chi connectivity index (χ0) is 31.5. The molecular formula is C43H25BN4. The highest BCUT2D eigenvalue weighted by molar-refractivity contribution is 6.88. The Morgan fingerprint density at radius 1 is 0.458 bits per heavy atom. The average molecular weight is 609 g/mol. The molecule has 10 aromatic rings. The van der Waals surface area contributed by atoms with Gasteiger partial charge in [-0.25, -0.2) is 0 Å². The van der Waals surface area contributed by atoms with Crippen LogP contribution in [0.25, 0.3) is 76.8 Å². The summed E-state index contributed by atoms with van der Waals surface area (Å²) < 4.78 is 7.41. The lowest BCUT2D eigenvalue weighted by Gasteiger charge is -2.28. The van der Waals surface area contributed by atoms with Crippen molar-refractivity contribution in [2.24, 2.45) is 0 Å². The Kier molecular flexibility index (Phi) is 4.96. The molecule has 0 atom stereocenters. The second-order valence-corrected chi connectivity index (χ2v) is 12.8. The minimum Gasteiger partial charge on any atom is -0.375 e. The van der Waals surface area contributed by atoms with E-state index in [4.69, 9.17) is 0 Å². The van der Waals surface area contributed by atoms with E-state index >= 15 is 0 Å². The SMILES string of the molecule is N#Cc1ccc2c3cccc4c3n(c2c1)-c1ccccc1B4n1c2ccccc2c2ccc3c(c4ccccc4n3-c3ccccc3)c21. The van der Waals surface area contributed by atoms with Crippen LogP contribution in [0.4, 0.5) is 0 Å². The van der Waals surface area contributed by atoms with Gasteiger partial charge in [0.05, 0.1) is 33.7 Å². The third-order valence-electron chi connectivity index (χ3n) is 10.5. The molecule has 4 heterocycles. The highest BCUT2D eigenvalue weighted by atomic mass is 15.0. The number of para-hydroxylation sites is 5. The molecule has 0 spiro atoms. The van der Waals surface area contributed by atoms with Gasteiger partial charge in [0, 0.05) is 54.7 Å². The Balaban J connectivity index is 1.36. The summed E-state index contributed by atoms with van der Waals surface area (Å²) in [6, 6.07) is 57.0. The van der Waals surface area contributed by atoms with Crippen LogP contribution in [0.3, 0.4) is 0 Å². The van der Waals surface area contributed by atoms with Crippen molar-refractivity contribution in [2.45, 2.75) is 0 Å². The van der Waals surface area contributed by atoms with Crippen LogP contribution in [0.15, 0.2) is 152 Å². The number of nitriles is 1. The smallest absolute Gasteiger partial charge is 0.332 e. The molecule has 0 N–H and O–H groups in total. The molecule has 0 saturated heterocycles. The fraction of sp³-hybridized carbons (Fsp3) is 0. The minimum absolute atomic E-state index is 0.0796. The van der Waals surface area contributed by atoms with Crippen LogP contribution in [-0.4, -0.2) is 20.5 Å². The van der Waals surface area contributed by atoms with Gasteiger partial charge in [-0.2, -0.15) is 5.26 Å². The first-order valence-electron chi connectivity index (χ1n) is 16.4. The topological polar surface area (TPSA) is 38.6 Å². The van der Waals surface area contributed by atoms with Gasteiger partial charge in [-0.05, 0) is 59.5 Å². The summed E-state index contributed by atoms with van der Waals surface area (Å²) in [4.78, 5) is 0. The fourth-order valence-corrected chi connectivity index (χ4v) is 8.67. The summed E-state index contributed by atoms with van der Waals surface area (Å²) in [7, 11) is 0. The van der Waals surface area contributed by atoms with Gasteiger partial charge < -0.3 is 13.6 Å². The molecular weight excluding hydrogens is 583 g/mol. The van der Waals surface area contributed by atoms with Crippen molar-refractivity contribution in [1.29, 1.82) is 5.26 Å². The predicted molar refractivity (Wildman–Crippen MR) is 200 cm³/mol. The van der Waals surface area contributed by atoms with Crippen molar-refractivity contribution in [2.75, 3.05) is 0 Å². The molecule has 3 aromatic heterocycles. The molecule has 7 aromatic carbocycles. The van der Waals surface area contributed by atoms with Gasteiger partial charge in [0.25, 0.3) is 0 Å². The molecule has 0 fully saturated rings. The first-order chi connectivity index (χ1) is 23.8. The Morgan fingerprint density at radius 2 is 1.12 bits per heavy atom. The number of rotatable bonds is 2.